The number of halogens is 1. The molecule has 1 aromatic heterocycles. The maximum Gasteiger partial charge on any atom is 0.141 e. The minimum atomic E-state index is 0.373. The van der Waals surface area contributed by atoms with Crippen LogP contribution in [0.25, 0.3) is 0 Å². The van der Waals surface area contributed by atoms with E-state index in [-0.39, 0.29) is 0 Å². The van der Waals surface area contributed by atoms with Crippen LogP contribution in [-0.4, -0.2) is 24.9 Å². The van der Waals surface area contributed by atoms with E-state index in [1.165, 1.54) is 0 Å². The molecule has 0 fully saturated rings. The van der Waals surface area contributed by atoms with Gasteiger partial charge in [-0.1, -0.05) is 0 Å². The Morgan fingerprint density at radius 3 is 2.93 bits per heavy atom. The minimum Gasteiger partial charge on any atom is -0.393 e. The fourth-order valence-corrected chi connectivity index (χ4v) is 1.53. The van der Waals surface area contributed by atoms with Crippen molar-refractivity contribution in [3.63, 3.8) is 0 Å². The standard InChI is InChI=1S/C10H13BrN4/c1-13-7-9(11)10(12)15(2)8-4-3-5-14-6-8/h3-7,12-13H,1-2H3/b9-7+,12-10?. The predicted octanol–water partition coefficient (Wildman–Crippen LogP) is 1.95. The summed E-state index contributed by atoms with van der Waals surface area (Å²) in [5.41, 5.74) is 0.879. The van der Waals surface area contributed by atoms with E-state index >= 15 is 0 Å². The van der Waals surface area contributed by atoms with Crippen LogP contribution in [0.3, 0.4) is 0 Å². The van der Waals surface area contributed by atoms with Gasteiger partial charge in [0.25, 0.3) is 0 Å². The van der Waals surface area contributed by atoms with Crippen LogP contribution < -0.4 is 10.2 Å². The van der Waals surface area contributed by atoms with Gasteiger partial charge in [0.15, 0.2) is 0 Å². The number of hydrogen-bond acceptors (Lipinski definition) is 3. The number of aromatic nitrogens is 1. The summed E-state index contributed by atoms with van der Waals surface area (Å²) in [5.74, 6) is 0.373. The molecule has 0 aliphatic carbocycles. The van der Waals surface area contributed by atoms with E-state index in [0.717, 1.165) is 5.69 Å². The number of nitrogens with one attached hydrogen (secondary N) is 2. The van der Waals surface area contributed by atoms with Crippen LogP contribution in [0.1, 0.15) is 0 Å². The molecule has 2 N–H and O–H groups in total. The highest BCUT2D eigenvalue weighted by molar-refractivity contribution is 9.12. The largest absolute Gasteiger partial charge is 0.393 e. The topological polar surface area (TPSA) is 52.0 Å². The Balaban J connectivity index is 2.82. The van der Waals surface area contributed by atoms with Crippen molar-refractivity contribution in [2.24, 2.45) is 0 Å². The van der Waals surface area contributed by atoms with Gasteiger partial charge >= 0.3 is 0 Å². The molecule has 0 aromatic carbocycles. The summed E-state index contributed by atoms with van der Waals surface area (Å²) in [7, 11) is 3.61. The summed E-state index contributed by atoms with van der Waals surface area (Å²) in [6.07, 6.45) is 5.14. The first kappa shape index (κ1) is 11.7. The first-order valence-electron chi connectivity index (χ1n) is 4.42. The summed E-state index contributed by atoms with van der Waals surface area (Å²) in [6, 6.07) is 3.75. The smallest absolute Gasteiger partial charge is 0.141 e. The van der Waals surface area contributed by atoms with E-state index in [4.69, 9.17) is 5.41 Å². The molecule has 1 aromatic rings. The molecule has 0 saturated carbocycles. The lowest BCUT2D eigenvalue weighted by atomic mass is 10.3. The van der Waals surface area contributed by atoms with Gasteiger partial charge in [-0.05, 0) is 28.1 Å². The number of nitrogens with zero attached hydrogens (tertiary/aromatic N) is 2. The Morgan fingerprint density at radius 2 is 2.40 bits per heavy atom. The lowest BCUT2D eigenvalue weighted by Gasteiger charge is -2.19. The Morgan fingerprint density at radius 1 is 1.67 bits per heavy atom. The second kappa shape index (κ2) is 5.50. The van der Waals surface area contributed by atoms with Crippen molar-refractivity contribution in [2.75, 3.05) is 19.0 Å². The number of hydrogen-bond donors (Lipinski definition) is 2. The Bertz CT molecular complexity index is 361. The minimum absolute atomic E-state index is 0.373. The van der Waals surface area contributed by atoms with E-state index in [9.17, 15) is 0 Å². The van der Waals surface area contributed by atoms with Crippen LogP contribution in [0.5, 0.6) is 0 Å². The zero-order chi connectivity index (χ0) is 11.3. The average molecular weight is 269 g/mol. The van der Waals surface area contributed by atoms with E-state index in [0.29, 0.717) is 10.3 Å². The van der Waals surface area contributed by atoms with Gasteiger partial charge in [-0.25, -0.2) is 0 Å². The molecule has 0 amide bonds. The zero-order valence-corrected chi connectivity index (χ0v) is 10.2. The molecule has 4 nitrogen and oxygen atoms in total. The molecule has 0 saturated heterocycles. The van der Waals surface area contributed by atoms with Gasteiger partial charge in [-0.2, -0.15) is 0 Å². The summed E-state index contributed by atoms with van der Waals surface area (Å²) >= 11 is 3.31. The number of pyridine rings is 1. The third-order valence-corrected chi connectivity index (χ3v) is 2.47. The van der Waals surface area contributed by atoms with Gasteiger partial charge in [0.1, 0.15) is 5.84 Å². The first-order valence-corrected chi connectivity index (χ1v) is 5.21. The number of anilines is 1. The molecule has 1 heterocycles. The predicted molar refractivity (Wildman–Crippen MR) is 66.4 cm³/mol. The molecule has 0 spiro atoms. The summed E-state index contributed by atoms with van der Waals surface area (Å²) in [6.45, 7) is 0. The number of likely N-dealkylation sites (N-methyl/N-ethyl adjacent to an activating group) is 1. The Hall–Kier alpha value is -1.36. The molecule has 0 bridgehead atoms. The molecule has 15 heavy (non-hydrogen) atoms. The highest BCUT2D eigenvalue weighted by Crippen LogP contribution is 2.15. The van der Waals surface area contributed by atoms with Gasteiger partial charge in [-0.3, -0.25) is 10.4 Å². The highest BCUT2D eigenvalue weighted by Gasteiger charge is 2.09. The second-order valence-electron chi connectivity index (χ2n) is 2.90. The molecule has 1 rings (SSSR count). The van der Waals surface area contributed by atoms with Gasteiger partial charge in [0, 0.05) is 26.5 Å². The second-order valence-corrected chi connectivity index (χ2v) is 3.75. The zero-order valence-electron chi connectivity index (χ0n) is 8.66. The van der Waals surface area contributed by atoms with Crippen molar-refractivity contribution in [3.8, 4) is 0 Å². The fourth-order valence-electron chi connectivity index (χ4n) is 1.04. The lowest BCUT2D eigenvalue weighted by molar-refractivity contribution is 1.10. The molecule has 0 aliphatic rings. The van der Waals surface area contributed by atoms with Crippen molar-refractivity contribution in [3.05, 3.63) is 35.2 Å². The number of rotatable bonds is 3. The first-order chi connectivity index (χ1) is 7.16. The highest BCUT2D eigenvalue weighted by atomic mass is 79.9. The summed E-state index contributed by atoms with van der Waals surface area (Å²) < 4.78 is 0.691. The number of amidine groups is 1. The summed E-state index contributed by atoms with van der Waals surface area (Å²) in [4.78, 5) is 5.75. The fraction of sp³-hybridized carbons (Fsp3) is 0.200. The lowest BCUT2D eigenvalue weighted by Crippen LogP contribution is -2.26. The molecule has 0 radical (unpaired) electrons. The van der Waals surface area contributed by atoms with Crippen molar-refractivity contribution in [1.29, 1.82) is 5.41 Å². The average Bonchev–Trinajstić information content (AvgIpc) is 2.28. The van der Waals surface area contributed by atoms with Crippen LogP contribution in [0, 0.1) is 5.41 Å². The molecule has 0 aliphatic heterocycles. The van der Waals surface area contributed by atoms with Gasteiger partial charge < -0.3 is 10.2 Å². The van der Waals surface area contributed by atoms with Gasteiger partial charge in [0.05, 0.1) is 16.4 Å². The van der Waals surface area contributed by atoms with Crippen molar-refractivity contribution >= 4 is 27.5 Å². The summed E-state index contributed by atoms with van der Waals surface area (Å²) in [5, 5.41) is 10.7. The van der Waals surface area contributed by atoms with E-state index in [2.05, 4.69) is 26.2 Å². The maximum absolute atomic E-state index is 7.88. The van der Waals surface area contributed by atoms with Crippen LogP contribution in [0.15, 0.2) is 35.2 Å². The SMILES string of the molecule is CN/C=C(/Br)C(=N)N(C)c1cccnc1. The maximum atomic E-state index is 7.88. The van der Waals surface area contributed by atoms with Gasteiger partial charge in [-0.15, -0.1) is 0 Å². The third-order valence-electron chi connectivity index (χ3n) is 1.87. The van der Waals surface area contributed by atoms with Crippen LogP contribution >= 0.6 is 15.9 Å². The van der Waals surface area contributed by atoms with Gasteiger partial charge in [0.2, 0.25) is 0 Å². The van der Waals surface area contributed by atoms with Crippen molar-refractivity contribution in [1.82, 2.24) is 10.3 Å². The molecule has 80 valence electrons. The van der Waals surface area contributed by atoms with Crippen molar-refractivity contribution in [2.45, 2.75) is 0 Å². The normalized spacial score (nSPS) is 11.0. The van der Waals surface area contributed by atoms with Crippen molar-refractivity contribution < 1.29 is 0 Å². The molecular weight excluding hydrogens is 256 g/mol. The molecular formula is C10H13BrN4. The monoisotopic (exact) mass is 268 g/mol. The van der Waals surface area contributed by atoms with E-state index < -0.39 is 0 Å². The van der Waals surface area contributed by atoms with Crippen LogP contribution in [0.2, 0.25) is 0 Å². The Kier molecular flexibility index (Phi) is 4.30. The quantitative estimate of drug-likeness (QED) is 0.651. The molecule has 0 unspecified atom stereocenters. The van der Waals surface area contributed by atoms with E-state index in [1.807, 2.05) is 19.2 Å². The van der Waals surface area contributed by atoms with Crippen LogP contribution in [0.4, 0.5) is 5.69 Å². The Labute approximate surface area is 97.6 Å². The van der Waals surface area contributed by atoms with Crippen LogP contribution in [-0.2, 0) is 0 Å². The molecule has 5 heteroatoms. The van der Waals surface area contributed by atoms with E-state index in [1.54, 1.807) is 30.5 Å². The third kappa shape index (κ3) is 3.06. The molecule has 0 atom stereocenters.